The summed E-state index contributed by atoms with van der Waals surface area (Å²) in [6.45, 7) is 4.98. The summed E-state index contributed by atoms with van der Waals surface area (Å²) in [5, 5.41) is 10.3. The van der Waals surface area contributed by atoms with Crippen LogP contribution in [0.3, 0.4) is 0 Å². The van der Waals surface area contributed by atoms with Gasteiger partial charge in [-0.15, -0.1) is 11.3 Å². The van der Waals surface area contributed by atoms with Crippen LogP contribution in [0.15, 0.2) is 29.9 Å². The molecule has 0 aliphatic heterocycles. The third-order valence-electron chi connectivity index (χ3n) is 2.60. The lowest BCUT2D eigenvalue weighted by atomic mass is 10.1. The van der Waals surface area contributed by atoms with Crippen LogP contribution in [0.2, 0.25) is 0 Å². The Bertz CT molecular complexity index is 513. The number of rotatable bonds is 6. The van der Waals surface area contributed by atoms with Gasteiger partial charge in [0.25, 0.3) is 0 Å². The maximum Gasteiger partial charge on any atom is 0.161 e. The molecular weight excluding hydrogens is 262 g/mol. The Labute approximate surface area is 116 Å². The number of nitrogens with zero attached hydrogens (tertiary/aromatic N) is 1. The van der Waals surface area contributed by atoms with Crippen LogP contribution in [0.5, 0.6) is 11.5 Å². The molecule has 0 bridgehead atoms. The molecule has 0 aliphatic rings. The first-order valence-corrected chi connectivity index (χ1v) is 7.10. The molecule has 102 valence electrons. The molecule has 1 heterocycles. The molecule has 1 aromatic carbocycles. The highest BCUT2D eigenvalue weighted by Gasteiger charge is 2.15. The lowest BCUT2D eigenvalue weighted by Gasteiger charge is -2.14. The first-order valence-electron chi connectivity index (χ1n) is 6.22. The maximum atomic E-state index is 10.3. The van der Waals surface area contributed by atoms with Gasteiger partial charge in [-0.1, -0.05) is 6.07 Å². The number of aliphatic hydroxyl groups excluding tert-OH is 1. The third kappa shape index (κ3) is 3.24. The first kappa shape index (κ1) is 13.8. The van der Waals surface area contributed by atoms with Gasteiger partial charge in [-0.2, -0.15) is 0 Å². The summed E-state index contributed by atoms with van der Waals surface area (Å²) in [4.78, 5) is 4.79. The topological polar surface area (TPSA) is 51.6 Å². The average molecular weight is 279 g/mol. The van der Waals surface area contributed by atoms with E-state index in [0.29, 0.717) is 24.7 Å². The number of ether oxygens (including phenoxy) is 2. The molecule has 1 atom stereocenters. The average Bonchev–Trinajstić information content (AvgIpc) is 2.94. The number of hydrogen-bond donors (Lipinski definition) is 1. The standard InChI is InChI=1S/C14H17NO3S/c1-3-17-11-6-5-10(7-12(11)18-4-2)14(16)13-8-15-9-19-13/h5-9,14,16H,3-4H2,1-2H3. The van der Waals surface area contributed by atoms with Crippen LogP contribution in [0.25, 0.3) is 0 Å². The van der Waals surface area contributed by atoms with Crippen LogP contribution >= 0.6 is 11.3 Å². The van der Waals surface area contributed by atoms with Crippen molar-refractivity contribution in [1.82, 2.24) is 4.98 Å². The molecule has 0 saturated heterocycles. The molecule has 1 N–H and O–H groups in total. The van der Waals surface area contributed by atoms with Gasteiger partial charge in [0.1, 0.15) is 6.10 Å². The van der Waals surface area contributed by atoms with Gasteiger partial charge in [0.05, 0.1) is 23.6 Å². The molecule has 2 rings (SSSR count). The zero-order valence-corrected chi connectivity index (χ0v) is 11.8. The second-order valence-corrected chi connectivity index (χ2v) is 4.80. The molecule has 0 spiro atoms. The molecule has 19 heavy (non-hydrogen) atoms. The van der Waals surface area contributed by atoms with Gasteiger partial charge in [0.15, 0.2) is 11.5 Å². The summed E-state index contributed by atoms with van der Waals surface area (Å²) in [6, 6.07) is 5.49. The van der Waals surface area contributed by atoms with Crippen LogP contribution in [0.4, 0.5) is 0 Å². The number of aliphatic hydroxyl groups is 1. The minimum atomic E-state index is -0.678. The van der Waals surface area contributed by atoms with E-state index >= 15 is 0 Å². The molecule has 5 heteroatoms. The van der Waals surface area contributed by atoms with Gasteiger partial charge in [0.2, 0.25) is 0 Å². The van der Waals surface area contributed by atoms with Gasteiger partial charge in [0, 0.05) is 6.20 Å². The molecule has 4 nitrogen and oxygen atoms in total. The highest BCUT2D eigenvalue weighted by molar-refractivity contribution is 7.09. The van der Waals surface area contributed by atoms with Crippen LogP contribution in [-0.4, -0.2) is 23.3 Å². The third-order valence-corrected chi connectivity index (χ3v) is 3.43. The van der Waals surface area contributed by atoms with Gasteiger partial charge >= 0.3 is 0 Å². The zero-order chi connectivity index (χ0) is 13.7. The largest absolute Gasteiger partial charge is 0.490 e. The lowest BCUT2D eigenvalue weighted by molar-refractivity contribution is 0.222. The van der Waals surface area contributed by atoms with E-state index in [1.54, 1.807) is 11.7 Å². The highest BCUT2D eigenvalue weighted by atomic mass is 32.1. The minimum absolute atomic E-state index is 0.556. The predicted octanol–water partition coefficient (Wildman–Crippen LogP) is 3.02. The van der Waals surface area contributed by atoms with Gasteiger partial charge < -0.3 is 14.6 Å². The fraction of sp³-hybridized carbons (Fsp3) is 0.357. The Balaban J connectivity index is 2.29. The molecule has 0 fully saturated rings. The summed E-state index contributed by atoms with van der Waals surface area (Å²) < 4.78 is 11.0. The number of thiazole rings is 1. The van der Waals surface area contributed by atoms with E-state index in [1.807, 2.05) is 32.0 Å². The molecule has 0 amide bonds. The normalized spacial score (nSPS) is 12.2. The Kier molecular flexibility index (Phi) is 4.76. The first-order chi connectivity index (χ1) is 9.26. The summed E-state index contributed by atoms with van der Waals surface area (Å²) in [5.41, 5.74) is 2.48. The summed E-state index contributed by atoms with van der Waals surface area (Å²) >= 11 is 1.43. The lowest BCUT2D eigenvalue weighted by Crippen LogP contribution is -2.02. The summed E-state index contributed by atoms with van der Waals surface area (Å²) in [7, 11) is 0. The Morgan fingerprint density at radius 1 is 1.21 bits per heavy atom. The number of aromatic nitrogens is 1. The van der Waals surface area contributed by atoms with E-state index in [4.69, 9.17) is 9.47 Å². The highest BCUT2D eigenvalue weighted by Crippen LogP contribution is 2.33. The van der Waals surface area contributed by atoms with Crippen LogP contribution in [0.1, 0.15) is 30.4 Å². The molecule has 1 unspecified atom stereocenters. The van der Waals surface area contributed by atoms with Crippen molar-refractivity contribution < 1.29 is 14.6 Å². The van der Waals surface area contributed by atoms with Crippen LogP contribution in [-0.2, 0) is 0 Å². The van der Waals surface area contributed by atoms with Crippen molar-refractivity contribution in [2.75, 3.05) is 13.2 Å². The molecule has 0 aliphatic carbocycles. The second kappa shape index (κ2) is 6.54. The van der Waals surface area contributed by atoms with E-state index in [2.05, 4.69) is 4.98 Å². The quantitative estimate of drug-likeness (QED) is 0.883. The van der Waals surface area contributed by atoms with Gasteiger partial charge in [-0.25, -0.2) is 0 Å². The van der Waals surface area contributed by atoms with Crippen molar-refractivity contribution in [3.8, 4) is 11.5 Å². The van der Waals surface area contributed by atoms with Crippen molar-refractivity contribution in [1.29, 1.82) is 0 Å². The zero-order valence-electron chi connectivity index (χ0n) is 11.0. The fourth-order valence-corrected chi connectivity index (χ4v) is 2.39. The molecular formula is C14H17NO3S. The second-order valence-electron chi connectivity index (χ2n) is 3.88. The van der Waals surface area contributed by atoms with Gasteiger partial charge in [-0.05, 0) is 31.5 Å². The molecule has 1 aromatic heterocycles. The number of benzene rings is 1. The van der Waals surface area contributed by atoms with E-state index < -0.39 is 6.10 Å². The molecule has 2 aromatic rings. The van der Waals surface area contributed by atoms with Crippen molar-refractivity contribution in [3.63, 3.8) is 0 Å². The van der Waals surface area contributed by atoms with Crippen molar-refractivity contribution in [2.45, 2.75) is 20.0 Å². The summed E-state index contributed by atoms with van der Waals surface area (Å²) in [5.74, 6) is 1.36. The smallest absolute Gasteiger partial charge is 0.161 e. The van der Waals surface area contributed by atoms with Crippen molar-refractivity contribution in [2.24, 2.45) is 0 Å². The molecule has 0 radical (unpaired) electrons. The predicted molar refractivity (Wildman–Crippen MR) is 75.0 cm³/mol. The Morgan fingerprint density at radius 3 is 2.58 bits per heavy atom. The Morgan fingerprint density at radius 2 is 1.95 bits per heavy atom. The Hall–Kier alpha value is -1.59. The van der Waals surface area contributed by atoms with Gasteiger partial charge in [-0.3, -0.25) is 4.98 Å². The van der Waals surface area contributed by atoms with E-state index in [9.17, 15) is 5.11 Å². The number of hydrogen-bond acceptors (Lipinski definition) is 5. The van der Waals surface area contributed by atoms with Crippen LogP contribution < -0.4 is 9.47 Å². The van der Waals surface area contributed by atoms with E-state index in [-0.39, 0.29) is 0 Å². The van der Waals surface area contributed by atoms with E-state index in [1.165, 1.54) is 11.3 Å². The molecule has 0 saturated carbocycles. The van der Waals surface area contributed by atoms with Crippen LogP contribution in [0, 0.1) is 0 Å². The van der Waals surface area contributed by atoms with Crippen molar-refractivity contribution >= 4 is 11.3 Å². The minimum Gasteiger partial charge on any atom is -0.490 e. The maximum absolute atomic E-state index is 10.3. The SMILES string of the molecule is CCOc1ccc(C(O)c2cncs2)cc1OCC. The summed E-state index contributed by atoms with van der Waals surface area (Å²) in [6.07, 6.45) is 0.994. The monoisotopic (exact) mass is 279 g/mol. The van der Waals surface area contributed by atoms with E-state index in [0.717, 1.165) is 10.4 Å². The fourth-order valence-electron chi connectivity index (χ4n) is 1.76. The van der Waals surface area contributed by atoms with Crippen molar-refractivity contribution in [3.05, 3.63) is 40.3 Å².